The van der Waals surface area contributed by atoms with Crippen molar-refractivity contribution >= 4 is 23.2 Å². The van der Waals surface area contributed by atoms with Gasteiger partial charge < -0.3 is 40.4 Å². The van der Waals surface area contributed by atoms with Crippen LogP contribution in [-0.2, 0) is 19.1 Å². The summed E-state index contributed by atoms with van der Waals surface area (Å²) in [5, 5.41) is 15.2. The van der Waals surface area contributed by atoms with Gasteiger partial charge in [0.15, 0.2) is 17.3 Å². The second kappa shape index (κ2) is 13.9. The van der Waals surface area contributed by atoms with E-state index in [0.717, 1.165) is 5.56 Å². The van der Waals surface area contributed by atoms with Crippen LogP contribution in [0.5, 0.6) is 11.5 Å². The van der Waals surface area contributed by atoms with Gasteiger partial charge in [-0.2, -0.15) is 0 Å². The summed E-state index contributed by atoms with van der Waals surface area (Å²) < 4.78 is 23.0. The maximum atomic E-state index is 13.1. The van der Waals surface area contributed by atoms with Crippen molar-refractivity contribution in [3.05, 3.63) is 59.9 Å². The van der Waals surface area contributed by atoms with Crippen LogP contribution in [-0.4, -0.2) is 49.8 Å². The first-order valence-electron chi connectivity index (χ1n) is 13.4. The number of fused-ring (bicyclic) bond motifs is 1. The first-order chi connectivity index (χ1) is 19.0. The minimum atomic E-state index is -0.642. The third-order valence-electron chi connectivity index (χ3n) is 6.77. The molecule has 2 amide bonds. The highest BCUT2D eigenvalue weighted by Gasteiger charge is 2.38. The second-order valence-corrected chi connectivity index (χ2v) is 9.49. The fourth-order valence-electron chi connectivity index (χ4n) is 4.79. The molecule has 5 N–H and O–H groups in total. The number of anilines is 2. The molecular weight excluding hydrogens is 502 g/mol. The summed E-state index contributed by atoms with van der Waals surface area (Å²) in [5.41, 5.74) is 7.93. The highest BCUT2D eigenvalue weighted by molar-refractivity contribution is 5.93. The lowest BCUT2D eigenvalue weighted by molar-refractivity contribution is -0.166. The number of amides is 2. The Morgan fingerprint density at radius 2 is 1.92 bits per heavy atom. The number of nitrogens with one attached hydrogen (secondary N) is 2. The van der Waals surface area contributed by atoms with E-state index in [1.807, 2.05) is 43.3 Å². The van der Waals surface area contributed by atoms with E-state index in [4.69, 9.17) is 24.7 Å². The maximum absolute atomic E-state index is 13.1. The molecule has 2 heterocycles. The number of ether oxygens (including phenoxy) is 4. The molecule has 0 aromatic heterocycles. The summed E-state index contributed by atoms with van der Waals surface area (Å²) in [4.78, 5) is 25.3. The van der Waals surface area contributed by atoms with Gasteiger partial charge >= 0.3 is 0 Å². The van der Waals surface area contributed by atoms with Gasteiger partial charge in [-0.25, -0.2) is 0 Å². The van der Waals surface area contributed by atoms with Crippen molar-refractivity contribution in [1.29, 1.82) is 0 Å². The molecule has 2 aromatic rings. The number of rotatable bonds is 13. The molecule has 0 aliphatic carbocycles. The lowest BCUT2D eigenvalue weighted by Crippen LogP contribution is -2.39. The standard InChI is InChI=1S/C29H37N3O7/c1-2-36-29-20(8-7-15-33)21(19-12-13-24-25(16-19)38-18-37-24)17-26(39-29)28(35)31-14-6-5-11-27(34)32-23-10-4-3-9-22(23)30/h3-4,9-10,12-13,16-17,20-21,29,33H,2,5-8,11,14-15,18,30H2,1H3,(H,31,35)(H,32,34)/t20-,21-,29-/m0/s1. The Labute approximate surface area is 228 Å². The number of nitrogens with two attached hydrogens (primary N) is 1. The zero-order chi connectivity index (χ0) is 27.6. The number of benzene rings is 2. The minimum Gasteiger partial charge on any atom is -0.459 e. The fraction of sp³-hybridized carbons (Fsp3) is 0.448. The number of carbonyl (C=O) groups excluding carboxylic acids is 2. The van der Waals surface area contributed by atoms with E-state index in [0.29, 0.717) is 68.1 Å². The predicted octanol–water partition coefficient (Wildman–Crippen LogP) is 3.67. The minimum absolute atomic E-state index is 0.0526. The van der Waals surface area contributed by atoms with E-state index in [1.54, 1.807) is 12.1 Å². The van der Waals surface area contributed by atoms with Crippen molar-refractivity contribution in [2.45, 2.75) is 51.2 Å². The van der Waals surface area contributed by atoms with Crippen LogP contribution in [0.1, 0.15) is 50.5 Å². The SMILES string of the molecule is CCO[C@H]1OC(C(=O)NCCCCC(=O)Nc2ccccc2N)=C[C@@H](c2ccc3c(c2)OCO3)[C@@H]1CCCO. The molecule has 2 aliphatic heterocycles. The lowest BCUT2D eigenvalue weighted by atomic mass is 9.80. The van der Waals surface area contributed by atoms with Crippen molar-refractivity contribution in [2.75, 3.05) is 37.6 Å². The summed E-state index contributed by atoms with van der Waals surface area (Å²) in [7, 11) is 0. The Morgan fingerprint density at radius 3 is 2.72 bits per heavy atom. The summed E-state index contributed by atoms with van der Waals surface area (Å²) in [6, 6.07) is 12.9. The Balaban J connectivity index is 1.37. The average molecular weight is 540 g/mol. The van der Waals surface area contributed by atoms with Crippen LogP contribution in [0.15, 0.2) is 54.3 Å². The molecule has 10 heteroatoms. The monoisotopic (exact) mass is 539 g/mol. The molecule has 0 saturated carbocycles. The number of unbranched alkanes of at least 4 members (excludes halogenated alkanes) is 1. The predicted molar refractivity (Wildman–Crippen MR) is 146 cm³/mol. The Hall–Kier alpha value is -3.76. The summed E-state index contributed by atoms with van der Waals surface area (Å²) in [6.45, 7) is 2.91. The molecular formula is C29H37N3O7. The van der Waals surface area contributed by atoms with Crippen molar-refractivity contribution in [3.8, 4) is 11.5 Å². The molecule has 4 rings (SSSR count). The first-order valence-corrected chi connectivity index (χ1v) is 13.4. The molecule has 3 atom stereocenters. The van der Waals surface area contributed by atoms with Gasteiger partial charge in [0.25, 0.3) is 5.91 Å². The molecule has 39 heavy (non-hydrogen) atoms. The van der Waals surface area contributed by atoms with Gasteiger partial charge in [-0.05, 0) is 68.5 Å². The molecule has 0 spiro atoms. The fourth-order valence-corrected chi connectivity index (χ4v) is 4.79. The molecule has 0 bridgehead atoms. The van der Waals surface area contributed by atoms with Crippen LogP contribution in [0.2, 0.25) is 0 Å². The van der Waals surface area contributed by atoms with Crippen molar-refractivity contribution in [3.63, 3.8) is 0 Å². The molecule has 0 radical (unpaired) electrons. The van der Waals surface area contributed by atoms with Crippen LogP contribution in [0.4, 0.5) is 11.4 Å². The smallest absolute Gasteiger partial charge is 0.286 e. The summed E-state index contributed by atoms with van der Waals surface area (Å²) in [5.74, 6) is 0.768. The largest absolute Gasteiger partial charge is 0.459 e. The van der Waals surface area contributed by atoms with Crippen molar-refractivity contribution < 1.29 is 33.6 Å². The Morgan fingerprint density at radius 1 is 1.10 bits per heavy atom. The van der Waals surface area contributed by atoms with Gasteiger partial charge in [0.1, 0.15) is 0 Å². The van der Waals surface area contributed by atoms with Crippen molar-refractivity contribution in [2.24, 2.45) is 5.92 Å². The van der Waals surface area contributed by atoms with E-state index in [2.05, 4.69) is 10.6 Å². The summed E-state index contributed by atoms with van der Waals surface area (Å²) >= 11 is 0. The number of carbonyl (C=O) groups is 2. The zero-order valence-electron chi connectivity index (χ0n) is 22.2. The van der Waals surface area contributed by atoms with Crippen LogP contribution in [0.25, 0.3) is 0 Å². The molecule has 0 saturated heterocycles. The molecule has 2 aliphatic rings. The van der Waals surface area contributed by atoms with Gasteiger partial charge in [-0.15, -0.1) is 0 Å². The molecule has 210 valence electrons. The number of allylic oxidation sites excluding steroid dienone is 1. The van der Waals surface area contributed by atoms with Gasteiger partial charge in [0, 0.05) is 38.0 Å². The Kier molecular flexibility index (Phi) is 10.0. The van der Waals surface area contributed by atoms with Gasteiger partial charge in [0.05, 0.1) is 11.4 Å². The number of aliphatic hydroxyl groups is 1. The third-order valence-corrected chi connectivity index (χ3v) is 6.77. The normalized spacial score (nSPS) is 19.6. The van der Waals surface area contributed by atoms with Gasteiger partial charge in [0.2, 0.25) is 19.0 Å². The quantitative estimate of drug-likeness (QED) is 0.223. The second-order valence-electron chi connectivity index (χ2n) is 9.49. The Bertz CT molecular complexity index is 1170. The maximum Gasteiger partial charge on any atom is 0.286 e. The number of para-hydroxylation sites is 2. The molecule has 0 fully saturated rings. The van der Waals surface area contributed by atoms with E-state index in [-0.39, 0.29) is 42.8 Å². The van der Waals surface area contributed by atoms with E-state index < -0.39 is 6.29 Å². The molecule has 0 unspecified atom stereocenters. The molecule has 10 nitrogen and oxygen atoms in total. The van der Waals surface area contributed by atoms with E-state index in [9.17, 15) is 14.7 Å². The van der Waals surface area contributed by atoms with Crippen LogP contribution in [0, 0.1) is 5.92 Å². The van der Waals surface area contributed by atoms with E-state index >= 15 is 0 Å². The number of hydrogen-bond donors (Lipinski definition) is 4. The topological polar surface area (TPSA) is 141 Å². The average Bonchev–Trinajstić information content (AvgIpc) is 3.41. The van der Waals surface area contributed by atoms with Crippen LogP contribution >= 0.6 is 0 Å². The lowest BCUT2D eigenvalue weighted by Gasteiger charge is -2.37. The zero-order valence-corrected chi connectivity index (χ0v) is 22.2. The highest BCUT2D eigenvalue weighted by atomic mass is 16.7. The van der Waals surface area contributed by atoms with Gasteiger partial charge in [-0.3, -0.25) is 9.59 Å². The van der Waals surface area contributed by atoms with Crippen LogP contribution < -0.4 is 25.8 Å². The van der Waals surface area contributed by atoms with Crippen LogP contribution in [0.3, 0.4) is 0 Å². The van der Waals surface area contributed by atoms with E-state index in [1.165, 1.54) is 0 Å². The summed E-state index contributed by atoms with van der Waals surface area (Å²) in [6.07, 6.45) is 3.95. The number of nitrogen functional groups attached to an aromatic ring is 1. The van der Waals surface area contributed by atoms with Gasteiger partial charge in [-0.1, -0.05) is 18.2 Å². The third kappa shape index (κ3) is 7.42. The van der Waals surface area contributed by atoms with Crippen molar-refractivity contribution in [1.82, 2.24) is 5.32 Å². The number of hydrogen-bond acceptors (Lipinski definition) is 8. The number of aliphatic hydroxyl groups excluding tert-OH is 1. The first kappa shape index (κ1) is 28.3. The molecule has 2 aromatic carbocycles. The highest BCUT2D eigenvalue weighted by Crippen LogP contribution is 2.42.